The summed E-state index contributed by atoms with van der Waals surface area (Å²) >= 11 is 0. The standard InChI is InChI=1S/C3H2N9O2/c13-12(14)3-6-10-11(7-3)1-2-4-8-9-5-2/h1H2/q-1. The van der Waals surface area contributed by atoms with Crippen molar-refractivity contribution in [2.45, 2.75) is 6.54 Å². The predicted octanol–water partition coefficient (Wildman–Crippen LogP) is -2.23. The molecular formula is C3H2N9O2-. The van der Waals surface area contributed by atoms with Crippen molar-refractivity contribution >= 4 is 5.95 Å². The summed E-state index contributed by atoms with van der Waals surface area (Å²) in [5.41, 5.74) is 0. The molecule has 2 rings (SSSR count). The Hall–Kier alpha value is -2.46. The van der Waals surface area contributed by atoms with Gasteiger partial charge in [0.05, 0.1) is 10.2 Å². The van der Waals surface area contributed by atoms with E-state index in [2.05, 4.69) is 36.0 Å². The van der Waals surface area contributed by atoms with Gasteiger partial charge in [-0.25, -0.2) is 0 Å². The van der Waals surface area contributed by atoms with E-state index in [0.29, 0.717) is 0 Å². The van der Waals surface area contributed by atoms with Gasteiger partial charge in [0.1, 0.15) is 6.54 Å². The first-order chi connectivity index (χ1) is 6.75. The molecule has 0 amide bonds. The molecule has 0 spiro atoms. The first kappa shape index (κ1) is 8.15. The Balaban J connectivity index is 2.14. The van der Waals surface area contributed by atoms with Crippen LogP contribution in [0.1, 0.15) is 5.82 Å². The molecule has 0 saturated carbocycles. The Morgan fingerprint density at radius 3 is 2.93 bits per heavy atom. The van der Waals surface area contributed by atoms with Crippen LogP contribution in [0.4, 0.5) is 5.95 Å². The van der Waals surface area contributed by atoms with Gasteiger partial charge in [-0.1, -0.05) is 4.80 Å². The van der Waals surface area contributed by atoms with E-state index in [4.69, 9.17) is 0 Å². The minimum absolute atomic E-state index is 0.0494. The molecule has 0 aromatic carbocycles. The van der Waals surface area contributed by atoms with Gasteiger partial charge in [-0.05, 0) is 4.92 Å². The molecule has 0 aliphatic heterocycles. The van der Waals surface area contributed by atoms with Crippen molar-refractivity contribution in [3.63, 3.8) is 0 Å². The van der Waals surface area contributed by atoms with E-state index >= 15 is 0 Å². The van der Waals surface area contributed by atoms with E-state index < -0.39 is 10.9 Å². The van der Waals surface area contributed by atoms with Crippen LogP contribution in [-0.2, 0) is 6.54 Å². The smallest absolute Gasteiger partial charge is 0.390 e. The average molecular weight is 196 g/mol. The van der Waals surface area contributed by atoms with Crippen molar-refractivity contribution in [3.8, 4) is 0 Å². The summed E-state index contributed by atoms with van der Waals surface area (Å²) in [7, 11) is 0. The second kappa shape index (κ2) is 3.12. The van der Waals surface area contributed by atoms with Crippen LogP contribution in [0.3, 0.4) is 0 Å². The molecule has 0 radical (unpaired) electrons. The quantitative estimate of drug-likeness (QED) is 0.393. The number of hydrogen-bond donors (Lipinski definition) is 0. The summed E-state index contributed by atoms with van der Waals surface area (Å²) in [4.78, 5) is 10.4. The molecule has 11 nitrogen and oxygen atoms in total. The third-order valence-corrected chi connectivity index (χ3v) is 1.25. The molecule has 0 bridgehead atoms. The van der Waals surface area contributed by atoms with Gasteiger partial charge in [-0.15, -0.1) is 0 Å². The molecule has 2 aromatic rings. The summed E-state index contributed by atoms with van der Waals surface area (Å²) in [5, 5.41) is 33.7. The highest BCUT2D eigenvalue weighted by molar-refractivity contribution is 4.93. The van der Waals surface area contributed by atoms with E-state index in [0.717, 1.165) is 4.80 Å². The molecule has 2 heterocycles. The SMILES string of the molecule is O=[N+]([O-])c1nnn(Cc2nnn[n-]2)n1. The maximum Gasteiger partial charge on any atom is 0.514 e. The van der Waals surface area contributed by atoms with Crippen LogP contribution in [-0.4, -0.2) is 40.7 Å². The van der Waals surface area contributed by atoms with Gasteiger partial charge in [-0.3, -0.25) is 10.3 Å². The van der Waals surface area contributed by atoms with Crippen LogP contribution in [0, 0.1) is 10.1 Å². The van der Waals surface area contributed by atoms with Gasteiger partial charge < -0.3 is 15.2 Å². The Labute approximate surface area is 75.3 Å². The Morgan fingerprint density at radius 1 is 1.50 bits per heavy atom. The van der Waals surface area contributed by atoms with E-state index in [1.165, 1.54) is 0 Å². The lowest BCUT2D eigenvalue weighted by atomic mass is 10.6. The topological polar surface area (TPSA) is 140 Å². The van der Waals surface area contributed by atoms with Crippen molar-refractivity contribution in [3.05, 3.63) is 15.9 Å². The molecule has 72 valence electrons. The highest BCUT2D eigenvalue weighted by Crippen LogP contribution is 1.97. The number of hydrogen-bond acceptors (Lipinski definition) is 8. The number of nitro groups is 1. The van der Waals surface area contributed by atoms with Crippen molar-refractivity contribution in [1.82, 2.24) is 40.8 Å². The summed E-state index contributed by atoms with van der Waals surface area (Å²) < 4.78 is 0. The summed E-state index contributed by atoms with van der Waals surface area (Å²) in [6.45, 7) is 0.0494. The lowest BCUT2D eigenvalue weighted by molar-refractivity contribution is -0.394. The van der Waals surface area contributed by atoms with Crippen LogP contribution in [0.15, 0.2) is 0 Å². The van der Waals surface area contributed by atoms with Gasteiger partial charge in [0.2, 0.25) is 0 Å². The van der Waals surface area contributed by atoms with E-state index in [1.54, 1.807) is 0 Å². The van der Waals surface area contributed by atoms with Crippen LogP contribution < -0.4 is 5.10 Å². The number of tetrazole rings is 2. The average Bonchev–Trinajstić information content (AvgIpc) is 2.75. The minimum atomic E-state index is -0.744. The van der Waals surface area contributed by atoms with Crippen LogP contribution in [0.5, 0.6) is 0 Å². The normalized spacial score (nSPS) is 10.3. The fourth-order valence-electron chi connectivity index (χ4n) is 0.728. The minimum Gasteiger partial charge on any atom is -0.390 e. The van der Waals surface area contributed by atoms with E-state index in [-0.39, 0.29) is 12.4 Å². The monoisotopic (exact) mass is 196 g/mol. The van der Waals surface area contributed by atoms with Gasteiger partial charge in [-0.2, -0.15) is 5.21 Å². The fraction of sp³-hybridized carbons (Fsp3) is 0.333. The lowest BCUT2D eigenvalue weighted by Crippen LogP contribution is -2.06. The molecule has 0 saturated heterocycles. The Kier molecular flexibility index (Phi) is 1.82. The highest BCUT2D eigenvalue weighted by Gasteiger charge is 2.14. The van der Waals surface area contributed by atoms with Gasteiger partial charge in [0, 0.05) is 11.0 Å². The maximum absolute atomic E-state index is 10.2. The molecule has 0 aliphatic rings. The van der Waals surface area contributed by atoms with Crippen LogP contribution >= 0.6 is 0 Å². The van der Waals surface area contributed by atoms with Gasteiger partial charge in [0.15, 0.2) is 0 Å². The molecule has 0 atom stereocenters. The Bertz CT molecular complexity index is 431. The van der Waals surface area contributed by atoms with Crippen molar-refractivity contribution < 1.29 is 4.92 Å². The van der Waals surface area contributed by atoms with Crippen molar-refractivity contribution in [1.29, 1.82) is 0 Å². The third kappa shape index (κ3) is 1.50. The van der Waals surface area contributed by atoms with Gasteiger partial charge >= 0.3 is 5.95 Å². The maximum atomic E-state index is 10.2. The molecule has 0 unspecified atom stereocenters. The third-order valence-electron chi connectivity index (χ3n) is 1.25. The first-order valence-corrected chi connectivity index (χ1v) is 3.35. The zero-order valence-electron chi connectivity index (χ0n) is 6.55. The summed E-state index contributed by atoms with van der Waals surface area (Å²) in [5.74, 6) is -0.310. The van der Waals surface area contributed by atoms with Crippen LogP contribution in [0.25, 0.3) is 0 Å². The summed E-state index contributed by atoms with van der Waals surface area (Å²) in [6, 6.07) is 0. The lowest BCUT2D eigenvalue weighted by Gasteiger charge is -1.91. The second-order valence-corrected chi connectivity index (χ2v) is 2.17. The Morgan fingerprint density at radius 2 is 2.36 bits per heavy atom. The molecule has 11 heteroatoms. The zero-order chi connectivity index (χ0) is 9.97. The van der Waals surface area contributed by atoms with Crippen molar-refractivity contribution in [2.24, 2.45) is 0 Å². The second-order valence-electron chi connectivity index (χ2n) is 2.17. The van der Waals surface area contributed by atoms with E-state index in [1.807, 2.05) is 0 Å². The van der Waals surface area contributed by atoms with Crippen LogP contribution in [0.2, 0.25) is 0 Å². The van der Waals surface area contributed by atoms with Crippen molar-refractivity contribution in [2.75, 3.05) is 0 Å². The molecule has 0 aliphatic carbocycles. The summed E-state index contributed by atoms with van der Waals surface area (Å²) in [6.07, 6.45) is 0. The number of nitrogens with zero attached hydrogens (tertiary/aromatic N) is 9. The number of aromatic nitrogens is 8. The molecule has 14 heavy (non-hydrogen) atoms. The fourth-order valence-corrected chi connectivity index (χ4v) is 0.728. The molecular weight excluding hydrogens is 194 g/mol. The first-order valence-electron chi connectivity index (χ1n) is 3.35. The number of rotatable bonds is 3. The zero-order valence-corrected chi connectivity index (χ0v) is 6.55. The predicted molar refractivity (Wildman–Crippen MR) is 36.7 cm³/mol. The highest BCUT2D eigenvalue weighted by atomic mass is 16.6. The van der Waals surface area contributed by atoms with E-state index in [9.17, 15) is 10.1 Å². The van der Waals surface area contributed by atoms with Gasteiger partial charge in [0.25, 0.3) is 0 Å². The largest absolute Gasteiger partial charge is 0.514 e. The molecule has 0 fully saturated rings. The molecule has 2 aromatic heterocycles. The molecule has 0 N–H and O–H groups in total.